The van der Waals surface area contributed by atoms with Crippen LogP contribution in [0.4, 0.5) is 0 Å². The highest BCUT2D eigenvalue weighted by Gasteiger charge is 2.30. The van der Waals surface area contributed by atoms with Gasteiger partial charge in [0.05, 0.1) is 26.4 Å². The van der Waals surface area contributed by atoms with E-state index >= 15 is 0 Å². The number of aliphatic hydroxyl groups is 1. The summed E-state index contributed by atoms with van der Waals surface area (Å²) in [7, 11) is -9.98. The van der Waals surface area contributed by atoms with Crippen LogP contribution in [-0.2, 0) is 65.4 Å². The van der Waals surface area contributed by atoms with E-state index in [1.54, 1.807) is 0 Å². The first-order valence-electron chi connectivity index (χ1n) is 39.4. The van der Waals surface area contributed by atoms with E-state index in [9.17, 15) is 43.2 Å². The first-order valence-corrected chi connectivity index (χ1v) is 42.4. The van der Waals surface area contributed by atoms with Crippen molar-refractivity contribution < 1.29 is 80.2 Å². The van der Waals surface area contributed by atoms with Crippen molar-refractivity contribution in [3.8, 4) is 0 Å². The number of phosphoric ester groups is 2. The molecular formula is C83H140O17P2. The van der Waals surface area contributed by atoms with E-state index in [2.05, 4.69) is 161 Å². The second-order valence-electron chi connectivity index (χ2n) is 25.9. The third-order valence-corrected chi connectivity index (χ3v) is 18.0. The molecule has 0 radical (unpaired) electrons. The molecule has 0 rings (SSSR count). The second-order valence-corrected chi connectivity index (χ2v) is 28.8. The number of allylic oxidation sites excluding steroid dienone is 22. The van der Waals surface area contributed by atoms with Crippen LogP contribution in [0, 0.1) is 0 Å². The van der Waals surface area contributed by atoms with Crippen LogP contribution in [0.25, 0.3) is 0 Å². The summed E-state index contributed by atoms with van der Waals surface area (Å²) >= 11 is 0. The summed E-state index contributed by atoms with van der Waals surface area (Å²) in [4.78, 5) is 72.9. The number of hydrogen-bond donors (Lipinski definition) is 3. The third kappa shape index (κ3) is 73.5. The van der Waals surface area contributed by atoms with Crippen molar-refractivity contribution in [1.82, 2.24) is 0 Å². The third-order valence-electron chi connectivity index (χ3n) is 16.0. The van der Waals surface area contributed by atoms with E-state index in [0.29, 0.717) is 25.7 Å². The molecule has 0 aliphatic carbocycles. The molecule has 0 aromatic heterocycles. The van der Waals surface area contributed by atoms with Crippen molar-refractivity contribution >= 4 is 39.5 Å². The smallest absolute Gasteiger partial charge is 0.462 e. The minimum absolute atomic E-state index is 0.0690. The lowest BCUT2D eigenvalue weighted by Crippen LogP contribution is -2.30. The number of carbonyl (C=O) groups excluding carboxylic acids is 4. The highest BCUT2D eigenvalue weighted by atomic mass is 31.2. The molecule has 0 amide bonds. The van der Waals surface area contributed by atoms with Gasteiger partial charge in [0.2, 0.25) is 0 Å². The molecular weight excluding hydrogens is 1330 g/mol. The molecule has 0 heterocycles. The zero-order valence-corrected chi connectivity index (χ0v) is 65.5. The summed E-state index contributed by atoms with van der Waals surface area (Å²) < 4.78 is 68.5. The first-order chi connectivity index (χ1) is 49.7. The molecule has 19 heteroatoms. The largest absolute Gasteiger partial charge is 0.472 e. The van der Waals surface area contributed by atoms with E-state index in [1.807, 2.05) is 0 Å². The van der Waals surface area contributed by atoms with Crippen molar-refractivity contribution in [2.24, 2.45) is 0 Å². The molecule has 0 bridgehead atoms. The van der Waals surface area contributed by atoms with Gasteiger partial charge in [-0.3, -0.25) is 37.3 Å². The topological polar surface area (TPSA) is 237 Å². The molecule has 102 heavy (non-hydrogen) atoms. The summed E-state index contributed by atoms with van der Waals surface area (Å²) in [5.74, 6) is -2.25. The number of ether oxygens (including phenoxy) is 4. The van der Waals surface area contributed by atoms with Gasteiger partial charge in [-0.2, -0.15) is 0 Å². The summed E-state index contributed by atoms with van der Waals surface area (Å²) in [6, 6.07) is 0. The number of hydrogen-bond acceptors (Lipinski definition) is 15. The quantitative estimate of drug-likeness (QED) is 0.0169. The lowest BCUT2D eigenvalue weighted by molar-refractivity contribution is -0.161. The van der Waals surface area contributed by atoms with Crippen molar-refractivity contribution in [3.05, 3.63) is 134 Å². The maximum Gasteiger partial charge on any atom is 0.472 e. The monoisotopic (exact) mass is 1470 g/mol. The SMILES string of the molecule is CC/C=C\C/C=C\C/C=C\C/C=C\C/C=C\CCCCCC(=O)OCC(COP(=O)(O)OCC(O)COP(=O)(O)OCC(COC(=O)CCCCCCC/C=C\C/C=C\CCC)OC(=O)CCCCCCC/C=C\CCCC)OC(=O)CCCCCCCC/C=C\C/C=C\C/C=C\CCCCC. The van der Waals surface area contributed by atoms with Crippen LogP contribution in [0.5, 0.6) is 0 Å². The fourth-order valence-corrected chi connectivity index (χ4v) is 11.6. The van der Waals surface area contributed by atoms with Crippen LogP contribution in [0.3, 0.4) is 0 Å². The molecule has 584 valence electrons. The zero-order chi connectivity index (χ0) is 74.6. The van der Waals surface area contributed by atoms with E-state index in [4.69, 9.17) is 37.0 Å². The maximum absolute atomic E-state index is 13.1. The molecule has 5 unspecified atom stereocenters. The van der Waals surface area contributed by atoms with Crippen LogP contribution in [0.15, 0.2) is 134 Å². The van der Waals surface area contributed by atoms with Gasteiger partial charge < -0.3 is 33.8 Å². The van der Waals surface area contributed by atoms with Crippen molar-refractivity contribution in [2.75, 3.05) is 39.6 Å². The van der Waals surface area contributed by atoms with Crippen LogP contribution >= 0.6 is 15.6 Å². The molecule has 0 spiro atoms. The molecule has 0 aromatic carbocycles. The first kappa shape index (κ1) is 97.2. The number of carbonyl (C=O) groups is 4. The van der Waals surface area contributed by atoms with Crippen molar-refractivity contribution in [3.63, 3.8) is 0 Å². The molecule has 0 aromatic rings. The van der Waals surface area contributed by atoms with Gasteiger partial charge in [-0.15, -0.1) is 0 Å². The number of rotatable bonds is 73. The Balaban J connectivity index is 5.40. The minimum atomic E-state index is -4.99. The summed E-state index contributed by atoms with van der Waals surface area (Å²) in [6.07, 6.45) is 82.9. The van der Waals surface area contributed by atoms with E-state index < -0.39 is 97.5 Å². The number of unbranched alkanes of at least 4 members (excludes halogenated alkanes) is 25. The summed E-state index contributed by atoms with van der Waals surface area (Å²) in [5.41, 5.74) is 0. The lowest BCUT2D eigenvalue weighted by Gasteiger charge is -2.21. The lowest BCUT2D eigenvalue weighted by atomic mass is 10.1. The highest BCUT2D eigenvalue weighted by molar-refractivity contribution is 7.47. The number of esters is 4. The van der Waals surface area contributed by atoms with Gasteiger partial charge in [0.1, 0.15) is 19.3 Å². The minimum Gasteiger partial charge on any atom is -0.462 e. The Bertz CT molecular complexity index is 2460. The van der Waals surface area contributed by atoms with Gasteiger partial charge in [0.25, 0.3) is 0 Å². The van der Waals surface area contributed by atoms with Gasteiger partial charge in [-0.25, -0.2) is 9.13 Å². The number of phosphoric acid groups is 2. The Morgan fingerprint density at radius 3 is 0.873 bits per heavy atom. The van der Waals surface area contributed by atoms with Gasteiger partial charge >= 0.3 is 39.5 Å². The Hall–Kier alpha value is -4.80. The predicted molar refractivity (Wildman–Crippen MR) is 418 cm³/mol. The van der Waals surface area contributed by atoms with Crippen molar-refractivity contribution in [1.29, 1.82) is 0 Å². The highest BCUT2D eigenvalue weighted by Crippen LogP contribution is 2.45. The average molecular weight is 1470 g/mol. The molecule has 0 aliphatic rings. The van der Waals surface area contributed by atoms with Gasteiger partial charge in [-0.05, 0) is 154 Å². The van der Waals surface area contributed by atoms with Crippen LogP contribution in [-0.4, -0.2) is 96.7 Å². The Morgan fingerprint density at radius 2 is 0.539 bits per heavy atom. The molecule has 5 atom stereocenters. The maximum atomic E-state index is 13.1. The molecule has 3 N–H and O–H groups in total. The Morgan fingerprint density at radius 1 is 0.284 bits per heavy atom. The van der Waals surface area contributed by atoms with Crippen LogP contribution < -0.4 is 0 Å². The summed E-state index contributed by atoms with van der Waals surface area (Å²) in [5, 5.41) is 10.6. The standard InChI is InChI=1S/C83H140O17P2/c1-5-9-13-17-21-25-29-32-34-36-38-40-42-45-49-52-56-60-64-68-81(86)94-74-79(100-83(88)70-66-62-58-54-50-46-43-41-39-37-35-33-30-26-22-18-14-10-6-2)76-98-102(91,92)96-72-77(84)71-95-101(89,90)97-75-78(99-82(87)69-65-61-57-53-47-28-24-20-16-12-8-4)73-93-80(85)67-63-59-55-51-48-44-31-27-23-19-15-11-7-3/h9,13,15,19-22,24-27,31-35,38-41,45,49,77-79,84H,5-8,10-12,14,16-18,23,28-30,36-37,42-44,46-48,50-76H2,1-4H3,(H,89,90)(H,91,92)/b13-9-,19-15-,24-20-,25-21-,26-22-,31-27-,34-32-,35-33-,40-38-,41-39-,49-45-. The Kier molecular flexibility index (Phi) is 71.0. The van der Waals surface area contributed by atoms with E-state index in [0.717, 1.165) is 199 Å². The zero-order valence-electron chi connectivity index (χ0n) is 63.7. The van der Waals surface area contributed by atoms with Gasteiger partial charge in [0, 0.05) is 25.7 Å². The summed E-state index contributed by atoms with van der Waals surface area (Å²) in [6.45, 7) is 4.55. The molecule has 17 nitrogen and oxygen atoms in total. The molecule has 0 fully saturated rings. The average Bonchev–Trinajstić information content (AvgIpc) is 0.940. The second kappa shape index (κ2) is 74.5. The van der Waals surface area contributed by atoms with Crippen molar-refractivity contribution in [2.45, 2.75) is 329 Å². The van der Waals surface area contributed by atoms with E-state index in [1.165, 1.54) is 32.1 Å². The predicted octanol–water partition coefficient (Wildman–Crippen LogP) is 22.9. The van der Waals surface area contributed by atoms with E-state index in [-0.39, 0.29) is 25.7 Å². The fourth-order valence-electron chi connectivity index (χ4n) is 10.0. The number of aliphatic hydroxyl groups excluding tert-OH is 1. The fraction of sp³-hybridized carbons (Fsp3) is 0.687. The van der Waals surface area contributed by atoms with Gasteiger partial charge in [0.15, 0.2) is 12.2 Å². The Labute approximate surface area is 618 Å². The van der Waals surface area contributed by atoms with Crippen LogP contribution in [0.2, 0.25) is 0 Å². The molecule has 0 saturated heterocycles. The van der Waals surface area contributed by atoms with Gasteiger partial charge in [-0.1, -0.05) is 264 Å². The normalized spacial score (nSPS) is 14.6. The molecule has 0 aliphatic heterocycles. The molecule has 0 saturated carbocycles. The van der Waals surface area contributed by atoms with Crippen LogP contribution in [0.1, 0.15) is 310 Å².